The first kappa shape index (κ1) is 17.3. The van der Waals surface area contributed by atoms with Gasteiger partial charge in [0.1, 0.15) is 19.4 Å². The third kappa shape index (κ3) is 3.82. The smallest absolute Gasteiger partial charge is 0.416 e. The summed E-state index contributed by atoms with van der Waals surface area (Å²) in [6.45, 7) is 0. The van der Waals surface area contributed by atoms with Gasteiger partial charge in [-0.3, -0.25) is 4.79 Å². The van der Waals surface area contributed by atoms with Crippen LogP contribution in [0.25, 0.3) is 0 Å². The number of carbonyl (C=O) groups excluding carboxylic acids is 1. The molecule has 0 spiro atoms. The van der Waals surface area contributed by atoms with Gasteiger partial charge in [-0.05, 0) is 12.1 Å². The Balaban J connectivity index is 2.55. The van der Waals surface area contributed by atoms with Gasteiger partial charge in [0.15, 0.2) is 5.52 Å². The van der Waals surface area contributed by atoms with Crippen molar-refractivity contribution < 1.29 is 27.4 Å². The zero-order valence-corrected chi connectivity index (χ0v) is 13.3. The van der Waals surface area contributed by atoms with Crippen LogP contribution in [0.2, 0.25) is 0 Å². The minimum absolute atomic E-state index is 0.0166. The second kappa shape index (κ2) is 7.01. The molecule has 0 aliphatic carbocycles. The summed E-state index contributed by atoms with van der Waals surface area (Å²) in [5, 5.41) is -0.176. The molecule has 23 heavy (non-hydrogen) atoms. The van der Waals surface area contributed by atoms with Crippen molar-refractivity contribution in [2.24, 2.45) is 0 Å². The zero-order chi connectivity index (χ0) is 17.0. The molecule has 0 aromatic heterocycles. The number of methoxy groups -OCH3 is 2. The molecule has 0 amide bonds. The maximum Gasteiger partial charge on any atom is 0.416 e. The molecule has 0 saturated heterocycles. The van der Waals surface area contributed by atoms with Crippen LogP contribution in [0.3, 0.4) is 0 Å². The average Bonchev–Trinajstić information content (AvgIpc) is 2.54. The minimum Gasteiger partial charge on any atom is -0.497 e. The molecule has 1 atom stereocenters. The van der Waals surface area contributed by atoms with E-state index in [-0.39, 0.29) is 16.6 Å². The predicted octanol–water partition coefficient (Wildman–Crippen LogP) is 4.17. The first-order chi connectivity index (χ1) is 10.9. The summed E-state index contributed by atoms with van der Waals surface area (Å²) in [5.41, 5.74) is -0.939. The van der Waals surface area contributed by atoms with Crippen LogP contribution < -0.4 is 14.8 Å². The van der Waals surface area contributed by atoms with E-state index in [0.717, 1.165) is 0 Å². The van der Waals surface area contributed by atoms with E-state index in [2.05, 4.69) is 0 Å². The van der Waals surface area contributed by atoms with Crippen LogP contribution in [0.5, 0.6) is 11.5 Å². The van der Waals surface area contributed by atoms with Gasteiger partial charge in [-0.1, -0.05) is 30.3 Å². The van der Waals surface area contributed by atoms with Crippen molar-refractivity contribution in [2.75, 3.05) is 14.2 Å². The largest absolute Gasteiger partial charge is 0.497 e. The molecule has 2 aromatic rings. The highest BCUT2D eigenvalue weighted by molar-refractivity contribution is 7.83. The SMILES string of the molecule is COc1ccc(P(C(=O)c2ccccc2)C(F)(F)F)c(OC)c1. The number of hydrogen-bond acceptors (Lipinski definition) is 3. The highest BCUT2D eigenvalue weighted by atomic mass is 31.1. The van der Waals surface area contributed by atoms with Gasteiger partial charge in [-0.2, -0.15) is 13.2 Å². The van der Waals surface area contributed by atoms with E-state index in [4.69, 9.17) is 9.47 Å². The highest BCUT2D eigenvalue weighted by Crippen LogP contribution is 2.56. The third-order valence-corrected chi connectivity index (χ3v) is 5.13. The molecular formula is C16H14F3O3P. The summed E-state index contributed by atoms with van der Waals surface area (Å²) in [4.78, 5) is 12.4. The lowest BCUT2D eigenvalue weighted by molar-refractivity contribution is -0.0384. The standard InChI is InChI=1S/C16H14F3O3P/c1-21-12-8-9-14(13(10-12)22-2)23(16(17,18)19)15(20)11-6-4-3-5-7-11/h3-10H,1-2H3. The minimum atomic E-state index is -4.68. The number of hydrogen-bond donors (Lipinski definition) is 0. The predicted molar refractivity (Wildman–Crippen MR) is 82.9 cm³/mol. The quantitative estimate of drug-likeness (QED) is 0.765. The topological polar surface area (TPSA) is 35.5 Å². The van der Waals surface area contributed by atoms with Gasteiger partial charge < -0.3 is 9.47 Å². The molecule has 0 aliphatic rings. The Morgan fingerprint density at radius 3 is 2.17 bits per heavy atom. The molecule has 0 radical (unpaired) electrons. The zero-order valence-electron chi connectivity index (χ0n) is 12.4. The van der Waals surface area contributed by atoms with Crippen LogP contribution in [-0.4, -0.2) is 25.7 Å². The van der Waals surface area contributed by atoms with Crippen molar-refractivity contribution in [3.8, 4) is 11.5 Å². The summed E-state index contributed by atoms with van der Waals surface area (Å²) in [6.07, 6.45) is 0. The van der Waals surface area contributed by atoms with E-state index < -0.39 is 19.4 Å². The normalized spacial score (nSPS) is 12.6. The highest BCUT2D eigenvalue weighted by Gasteiger charge is 2.47. The van der Waals surface area contributed by atoms with Crippen molar-refractivity contribution in [1.82, 2.24) is 0 Å². The van der Waals surface area contributed by atoms with Crippen molar-refractivity contribution in [1.29, 1.82) is 0 Å². The molecule has 0 N–H and O–H groups in total. The second-order valence-electron chi connectivity index (χ2n) is 4.51. The van der Waals surface area contributed by atoms with Crippen molar-refractivity contribution >= 4 is 18.8 Å². The van der Waals surface area contributed by atoms with Crippen LogP contribution in [0.1, 0.15) is 10.4 Å². The third-order valence-electron chi connectivity index (χ3n) is 3.11. The van der Waals surface area contributed by atoms with Crippen LogP contribution in [0, 0.1) is 0 Å². The van der Waals surface area contributed by atoms with E-state index in [9.17, 15) is 18.0 Å². The summed E-state index contributed by atoms with van der Waals surface area (Å²) in [5.74, 6) is -4.34. The van der Waals surface area contributed by atoms with Gasteiger partial charge in [-0.15, -0.1) is 0 Å². The number of halogens is 3. The van der Waals surface area contributed by atoms with E-state index >= 15 is 0 Å². The van der Waals surface area contributed by atoms with E-state index in [0.29, 0.717) is 5.75 Å². The average molecular weight is 342 g/mol. The van der Waals surface area contributed by atoms with Crippen LogP contribution in [0.15, 0.2) is 48.5 Å². The van der Waals surface area contributed by atoms with E-state index in [1.165, 1.54) is 56.7 Å². The Bertz CT molecular complexity index is 687. The van der Waals surface area contributed by atoms with Gasteiger partial charge >= 0.3 is 5.92 Å². The fraction of sp³-hybridized carbons (Fsp3) is 0.188. The van der Waals surface area contributed by atoms with Crippen molar-refractivity contribution in [2.45, 2.75) is 5.92 Å². The molecule has 122 valence electrons. The monoisotopic (exact) mass is 342 g/mol. The number of benzene rings is 2. The molecule has 2 aromatic carbocycles. The number of alkyl halides is 3. The Morgan fingerprint density at radius 1 is 1.00 bits per heavy atom. The van der Waals surface area contributed by atoms with E-state index in [1.54, 1.807) is 6.07 Å². The summed E-state index contributed by atoms with van der Waals surface area (Å²) in [7, 11) is -0.440. The Hall–Kier alpha value is -2.07. The van der Waals surface area contributed by atoms with Gasteiger partial charge in [0.2, 0.25) is 0 Å². The molecule has 0 saturated carbocycles. The molecule has 3 nitrogen and oxygen atoms in total. The molecule has 7 heteroatoms. The fourth-order valence-electron chi connectivity index (χ4n) is 2.04. The lowest BCUT2D eigenvalue weighted by Crippen LogP contribution is -2.22. The number of ether oxygens (including phenoxy) is 2. The molecule has 0 bridgehead atoms. The summed E-state index contributed by atoms with van der Waals surface area (Å²) in [6, 6.07) is 11.4. The van der Waals surface area contributed by atoms with Gasteiger partial charge in [0, 0.05) is 16.9 Å². The molecule has 0 fully saturated rings. The first-order valence-electron chi connectivity index (χ1n) is 6.57. The van der Waals surface area contributed by atoms with E-state index in [1.807, 2.05) is 0 Å². The van der Waals surface area contributed by atoms with Crippen LogP contribution in [0.4, 0.5) is 13.2 Å². The maximum absolute atomic E-state index is 13.6. The van der Waals surface area contributed by atoms with Gasteiger partial charge in [-0.25, -0.2) is 0 Å². The lowest BCUT2D eigenvalue weighted by atomic mass is 10.2. The lowest BCUT2D eigenvalue weighted by Gasteiger charge is -2.22. The van der Waals surface area contributed by atoms with Gasteiger partial charge in [0.25, 0.3) is 0 Å². The number of carbonyl (C=O) groups is 1. The maximum atomic E-state index is 13.6. The summed E-state index contributed by atoms with van der Waals surface area (Å²) >= 11 is 0. The molecule has 2 rings (SSSR count). The summed E-state index contributed by atoms with van der Waals surface area (Å²) < 4.78 is 50.7. The molecule has 0 aliphatic heterocycles. The molecule has 1 unspecified atom stereocenters. The Labute approximate surface area is 132 Å². The fourth-order valence-corrected chi connectivity index (χ4v) is 3.77. The Morgan fingerprint density at radius 2 is 1.65 bits per heavy atom. The van der Waals surface area contributed by atoms with Crippen molar-refractivity contribution in [3.05, 3.63) is 54.1 Å². The molecular weight excluding hydrogens is 328 g/mol. The van der Waals surface area contributed by atoms with Crippen LogP contribution >= 0.6 is 7.92 Å². The van der Waals surface area contributed by atoms with Gasteiger partial charge in [0.05, 0.1) is 14.2 Å². The molecule has 0 heterocycles. The van der Waals surface area contributed by atoms with Crippen molar-refractivity contribution in [3.63, 3.8) is 0 Å². The number of rotatable bonds is 5. The first-order valence-corrected chi connectivity index (χ1v) is 7.91. The second-order valence-corrected chi connectivity index (χ2v) is 6.58. The van der Waals surface area contributed by atoms with Crippen LogP contribution in [-0.2, 0) is 0 Å². The Kier molecular flexibility index (Phi) is 5.26.